The highest BCUT2D eigenvalue weighted by molar-refractivity contribution is 5.05. The topological polar surface area (TPSA) is 12.0 Å². The van der Waals surface area contributed by atoms with Crippen LogP contribution in [0.3, 0.4) is 0 Å². The monoisotopic (exact) mass is 289 g/mol. The van der Waals surface area contributed by atoms with Gasteiger partial charge in [0.05, 0.1) is 0 Å². The molecule has 0 amide bonds. The van der Waals surface area contributed by atoms with E-state index in [1.807, 2.05) is 0 Å². The molecule has 0 saturated heterocycles. The van der Waals surface area contributed by atoms with Crippen molar-refractivity contribution in [3.05, 3.63) is 47.6 Å². The summed E-state index contributed by atoms with van der Waals surface area (Å²) in [4.78, 5) is 0. The first-order valence-corrected chi connectivity index (χ1v) is 8.22. The van der Waals surface area contributed by atoms with Crippen LogP contribution in [0.25, 0.3) is 0 Å². The van der Waals surface area contributed by atoms with Crippen molar-refractivity contribution in [2.75, 3.05) is 13.1 Å². The molecule has 0 aromatic heterocycles. The Balaban J connectivity index is 3.71. The lowest BCUT2D eigenvalue weighted by atomic mass is 10.1. The third-order valence-corrected chi connectivity index (χ3v) is 3.41. The van der Waals surface area contributed by atoms with Crippen molar-refractivity contribution in [1.29, 1.82) is 0 Å². The first-order chi connectivity index (χ1) is 9.91. The first kappa shape index (κ1) is 19.9. The molecule has 0 unspecified atom stereocenters. The second-order valence-corrected chi connectivity index (χ2v) is 6.40. The minimum atomic E-state index is 0.990. The number of hydrogen-bond donors (Lipinski definition) is 1. The van der Waals surface area contributed by atoms with Crippen LogP contribution in [0.4, 0.5) is 0 Å². The van der Waals surface area contributed by atoms with Gasteiger partial charge in [-0.2, -0.15) is 0 Å². The molecule has 0 fully saturated rings. The van der Waals surface area contributed by atoms with E-state index in [2.05, 4.69) is 58.3 Å². The van der Waals surface area contributed by atoms with Gasteiger partial charge in [0.2, 0.25) is 0 Å². The standard InChI is InChI=1S/C20H35N/c1-17(2)11-7-9-13-19(5)15-21-16-20(6)14-10-8-12-18(3)4/h13-14,21H,1,3,7-12,15-16H2,2,4-6H3/b19-13-,20-14+. The van der Waals surface area contributed by atoms with Gasteiger partial charge in [0, 0.05) is 13.1 Å². The highest BCUT2D eigenvalue weighted by Gasteiger charge is 1.93. The lowest BCUT2D eigenvalue weighted by Gasteiger charge is -2.06. The van der Waals surface area contributed by atoms with Crippen molar-refractivity contribution >= 4 is 0 Å². The predicted octanol–water partition coefficient (Wildman–Crippen LogP) is 5.96. The molecule has 1 nitrogen and oxygen atoms in total. The van der Waals surface area contributed by atoms with Crippen LogP contribution in [0.2, 0.25) is 0 Å². The molecule has 0 atom stereocenters. The molecule has 0 aromatic carbocycles. The first-order valence-electron chi connectivity index (χ1n) is 8.22. The molecule has 0 heterocycles. The maximum absolute atomic E-state index is 3.94. The molecule has 0 saturated carbocycles. The summed E-state index contributed by atoms with van der Waals surface area (Å²) in [6.45, 7) is 18.5. The molecule has 0 bridgehead atoms. The number of hydrogen-bond acceptors (Lipinski definition) is 1. The van der Waals surface area contributed by atoms with E-state index in [1.54, 1.807) is 0 Å². The van der Waals surface area contributed by atoms with Crippen LogP contribution in [0.1, 0.15) is 66.2 Å². The van der Waals surface area contributed by atoms with Gasteiger partial charge in [-0.3, -0.25) is 0 Å². The van der Waals surface area contributed by atoms with E-state index in [0.717, 1.165) is 38.8 Å². The largest absolute Gasteiger partial charge is 0.309 e. The Hall–Kier alpha value is -1.08. The van der Waals surface area contributed by atoms with Gasteiger partial charge in [-0.05, 0) is 66.2 Å². The molecule has 1 N–H and O–H groups in total. The zero-order chi connectivity index (χ0) is 16.1. The van der Waals surface area contributed by atoms with Gasteiger partial charge in [0.25, 0.3) is 0 Å². The molecule has 0 rings (SSSR count). The van der Waals surface area contributed by atoms with Gasteiger partial charge in [0.15, 0.2) is 0 Å². The summed E-state index contributed by atoms with van der Waals surface area (Å²) in [7, 11) is 0. The Morgan fingerprint density at radius 1 is 0.762 bits per heavy atom. The van der Waals surface area contributed by atoms with Gasteiger partial charge in [0.1, 0.15) is 0 Å². The molecule has 120 valence electrons. The second kappa shape index (κ2) is 12.6. The van der Waals surface area contributed by atoms with E-state index in [0.29, 0.717) is 0 Å². The van der Waals surface area contributed by atoms with Crippen molar-refractivity contribution in [2.24, 2.45) is 0 Å². The van der Waals surface area contributed by atoms with Crippen LogP contribution in [-0.4, -0.2) is 13.1 Å². The molecular weight excluding hydrogens is 254 g/mol. The third kappa shape index (κ3) is 15.1. The smallest absolute Gasteiger partial charge is 0.0164 e. The molecule has 21 heavy (non-hydrogen) atoms. The summed E-state index contributed by atoms with van der Waals surface area (Å²) in [6.07, 6.45) is 11.7. The molecule has 0 aromatic rings. The Labute approximate surface area is 132 Å². The molecule has 1 heteroatoms. The Kier molecular flexibility index (Phi) is 12.0. The summed E-state index contributed by atoms with van der Waals surface area (Å²) in [5, 5.41) is 3.51. The van der Waals surface area contributed by atoms with Gasteiger partial charge in [-0.1, -0.05) is 34.4 Å². The normalized spacial score (nSPS) is 12.6. The summed E-state index contributed by atoms with van der Waals surface area (Å²) in [6, 6.07) is 0. The van der Waals surface area contributed by atoms with E-state index in [4.69, 9.17) is 0 Å². The average Bonchev–Trinajstić information content (AvgIpc) is 2.39. The molecule has 0 aliphatic rings. The summed E-state index contributed by atoms with van der Waals surface area (Å²) < 4.78 is 0. The van der Waals surface area contributed by atoms with Crippen molar-refractivity contribution < 1.29 is 0 Å². The van der Waals surface area contributed by atoms with Gasteiger partial charge in [-0.15, -0.1) is 13.2 Å². The maximum atomic E-state index is 3.94. The van der Waals surface area contributed by atoms with E-state index >= 15 is 0 Å². The van der Waals surface area contributed by atoms with Crippen molar-refractivity contribution in [3.8, 4) is 0 Å². The second-order valence-electron chi connectivity index (χ2n) is 6.40. The lowest BCUT2D eigenvalue weighted by molar-refractivity contribution is 0.766. The van der Waals surface area contributed by atoms with Crippen LogP contribution in [0.15, 0.2) is 47.6 Å². The number of allylic oxidation sites excluding steroid dienone is 4. The molecular formula is C20H35N. The van der Waals surface area contributed by atoms with E-state index in [-0.39, 0.29) is 0 Å². The van der Waals surface area contributed by atoms with Crippen LogP contribution >= 0.6 is 0 Å². The van der Waals surface area contributed by atoms with Gasteiger partial charge < -0.3 is 5.32 Å². The third-order valence-electron chi connectivity index (χ3n) is 3.41. The van der Waals surface area contributed by atoms with Crippen LogP contribution in [0, 0.1) is 0 Å². The number of unbranched alkanes of at least 4 members (excludes halogenated alkanes) is 2. The number of nitrogens with one attached hydrogen (secondary N) is 1. The Bertz CT molecular complexity index is 335. The fourth-order valence-corrected chi connectivity index (χ4v) is 2.11. The predicted molar refractivity (Wildman–Crippen MR) is 97.7 cm³/mol. The molecule has 0 aliphatic carbocycles. The zero-order valence-corrected chi connectivity index (χ0v) is 14.7. The zero-order valence-electron chi connectivity index (χ0n) is 14.7. The van der Waals surface area contributed by atoms with E-state index < -0.39 is 0 Å². The maximum Gasteiger partial charge on any atom is 0.0164 e. The lowest BCUT2D eigenvalue weighted by Crippen LogP contribution is -2.18. The summed E-state index contributed by atoms with van der Waals surface area (Å²) >= 11 is 0. The van der Waals surface area contributed by atoms with Crippen LogP contribution < -0.4 is 5.32 Å². The molecule has 0 aliphatic heterocycles. The number of rotatable bonds is 12. The van der Waals surface area contributed by atoms with Crippen LogP contribution in [-0.2, 0) is 0 Å². The van der Waals surface area contributed by atoms with E-state index in [1.165, 1.54) is 35.1 Å². The summed E-state index contributed by atoms with van der Waals surface area (Å²) in [5.74, 6) is 0. The van der Waals surface area contributed by atoms with Crippen molar-refractivity contribution in [1.82, 2.24) is 5.32 Å². The quantitative estimate of drug-likeness (QED) is 0.345. The highest BCUT2D eigenvalue weighted by Crippen LogP contribution is 2.07. The minimum absolute atomic E-state index is 0.990. The minimum Gasteiger partial charge on any atom is -0.309 e. The highest BCUT2D eigenvalue weighted by atomic mass is 14.8. The fraction of sp³-hybridized carbons (Fsp3) is 0.600. The molecule has 0 radical (unpaired) electrons. The average molecular weight is 290 g/mol. The molecule has 0 spiro atoms. The Morgan fingerprint density at radius 2 is 1.14 bits per heavy atom. The van der Waals surface area contributed by atoms with E-state index in [9.17, 15) is 0 Å². The van der Waals surface area contributed by atoms with Gasteiger partial charge >= 0.3 is 0 Å². The fourth-order valence-electron chi connectivity index (χ4n) is 2.11. The van der Waals surface area contributed by atoms with Crippen molar-refractivity contribution in [3.63, 3.8) is 0 Å². The summed E-state index contributed by atoms with van der Waals surface area (Å²) in [5.41, 5.74) is 5.44. The van der Waals surface area contributed by atoms with Crippen molar-refractivity contribution in [2.45, 2.75) is 66.2 Å². The SMILES string of the molecule is C=C(C)CCC/C=C(/C)CNC/C(C)=C/CCCC(=C)C. The Morgan fingerprint density at radius 3 is 1.48 bits per heavy atom. The van der Waals surface area contributed by atoms with Crippen LogP contribution in [0.5, 0.6) is 0 Å². The van der Waals surface area contributed by atoms with Gasteiger partial charge in [-0.25, -0.2) is 0 Å².